The van der Waals surface area contributed by atoms with Gasteiger partial charge in [0, 0.05) is 18.1 Å². The minimum absolute atomic E-state index is 0.0872. The number of anilines is 4. The average Bonchev–Trinajstić information content (AvgIpc) is 3.44. The molecule has 2 heterocycles. The number of nitrogens with zero attached hydrogens (tertiary/aromatic N) is 4. The number of aromatic nitrogens is 3. The summed E-state index contributed by atoms with van der Waals surface area (Å²) >= 11 is 4.27. The highest BCUT2D eigenvalue weighted by Crippen LogP contribution is 2.33. The zero-order valence-corrected chi connectivity index (χ0v) is 19.9. The minimum atomic E-state index is -0.341. The van der Waals surface area contributed by atoms with Crippen LogP contribution in [-0.2, 0) is 17.0 Å². The van der Waals surface area contributed by atoms with Crippen molar-refractivity contribution in [2.45, 2.75) is 30.4 Å². The summed E-state index contributed by atoms with van der Waals surface area (Å²) in [5.41, 5.74) is 3.23. The van der Waals surface area contributed by atoms with Crippen molar-refractivity contribution in [3.8, 4) is 0 Å². The second-order valence-corrected chi connectivity index (χ2v) is 9.80. The van der Waals surface area contributed by atoms with Gasteiger partial charge in [0.25, 0.3) is 0 Å². The Morgan fingerprint density at radius 1 is 1.16 bits per heavy atom. The molecule has 0 atom stereocenters. The number of thioether (sulfide) groups is 1. The van der Waals surface area contributed by atoms with E-state index in [0.717, 1.165) is 22.1 Å². The smallest absolute Gasteiger partial charge is 0.230 e. The lowest BCUT2D eigenvalue weighted by atomic mass is 10.1. The van der Waals surface area contributed by atoms with Crippen LogP contribution in [-0.4, -0.2) is 21.1 Å². The molecule has 4 aromatic rings. The van der Waals surface area contributed by atoms with Gasteiger partial charge in [0.1, 0.15) is 5.82 Å². The Labute approximate surface area is 197 Å². The summed E-state index contributed by atoms with van der Waals surface area (Å²) in [4.78, 5) is 18.6. The molecular weight excluding hydrogens is 465 g/mol. The van der Waals surface area contributed by atoms with E-state index in [0.29, 0.717) is 21.7 Å². The van der Waals surface area contributed by atoms with E-state index in [1.54, 1.807) is 23.1 Å². The van der Waals surface area contributed by atoms with Crippen molar-refractivity contribution in [1.29, 1.82) is 0 Å². The first-order valence-electron chi connectivity index (χ1n) is 9.85. The third-order valence-electron chi connectivity index (χ3n) is 4.51. The van der Waals surface area contributed by atoms with E-state index in [9.17, 15) is 9.18 Å². The van der Waals surface area contributed by atoms with Crippen LogP contribution < -0.4 is 10.2 Å². The molecule has 1 amide bonds. The molecule has 2 aromatic heterocycles. The number of nitrogens with one attached hydrogen (secondary N) is 1. The Morgan fingerprint density at radius 2 is 1.94 bits per heavy atom. The number of thiazole rings is 1. The van der Waals surface area contributed by atoms with Crippen LogP contribution in [0.3, 0.4) is 0 Å². The molecule has 32 heavy (non-hydrogen) atoms. The molecule has 4 rings (SSSR count). The molecule has 0 radical (unpaired) electrons. The van der Waals surface area contributed by atoms with Gasteiger partial charge in [0.2, 0.25) is 11.0 Å². The van der Waals surface area contributed by atoms with Gasteiger partial charge >= 0.3 is 0 Å². The number of benzene rings is 2. The van der Waals surface area contributed by atoms with Crippen molar-refractivity contribution in [1.82, 2.24) is 15.2 Å². The maximum Gasteiger partial charge on any atom is 0.230 e. The maximum atomic E-state index is 13.8. The highest BCUT2D eigenvalue weighted by atomic mass is 32.2. The van der Waals surface area contributed by atoms with E-state index < -0.39 is 0 Å². The molecule has 0 bridgehead atoms. The zero-order valence-electron chi connectivity index (χ0n) is 17.4. The van der Waals surface area contributed by atoms with Crippen LogP contribution in [0.5, 0.6) is 0 Å². The Balaban J connectivity index is 1.41. The number of aryl methyl sites for hydroxylation is 1. The van der Waals surface area contributed by atoms with E-state index in [2.05, 4.69) is 27.4 Å². The summed E-state index contributed by atoms with van der Waals surface area (Å²) < 4.78 is 14.5. The van der Waals surface area contributed by atoms with Crippen LogP contribution in [0.2, 0.25) is 0 Å². The summed E-state index contributed by atoms with van der Waals surface area (Å²) in [6.45, 7) is 3.63. The quantitative estimate of drug-likeness (QED) is 0.291. The SMILES string of the molecule is CCc1ccc(N(C(C)=O)c2nc(CSc3nnc(Nc4ccccc4F)s3)cs2)cc1. The molecule has 0 aliphatic rings. The number of carbonyl (C=O) groups excluding carboxylic acids is 1. The average molecular weight is 486 g/mol. The van der Waals surface area contributed by atoms with Gasteiger partial charge in [0.15, 0.2) is 9.47 Å². The summed E-state index contributed by atoms with van der Waals surface area (Å²) in [6.07, 6.45) is 0.947. The van der Waals surface area contributed by atoms with E-state index in [1.807, 2.05) is 29.6 Å². The molecule has 0 aliphatic heterocycles. The van der Waals surface area contributed by atoms with Crippen LogP contribution in [0.25, 0.3) is 0 Å². The highest BCUT2D eigenvalue weighted by molar-refractivity contribution is 8.00. The first-order valence-corrected chi connectivity index (χ1v) is 12.5. The maximum absolute atomic E-state index is 13.8. The predicted molar refractivity (Wildman–Crippen MR) is 130 cm³/mol. The summed E-state index contributed by atoms with van der Waals surface area (Å²) in [7, 11) is 0. The van der Waals surface area contributed by atoms with Crippen LogP contribution in [0.1, 0.15) is 25.1 Å². The minimum Gasteiger partial charge on any atom is -0.328 e. The van der Waals surface area contributed by atoms with E-state index in [1.165, 1.54) is 53.0 Å². The lowest BCUT2D eigenvalue weighted by Crippen LogP contribution is -2.22. The molecule has 6 nitrogen and oxygen atoms in total. The molecule has 10 heteroatoms. The van der Waals surface area contributed by atoms with Crippen molar-refractivity contribution < 1.29 is 9.18 Å². The van der Waals surface area contributed by atoms with E-state index >= 15 is 0 Å². The summed E-state index contributed by atoms with van der Waals surface area (Å²) in [6, 6.07) is 14.4. The summed E-state index contributed by atoms with van der Waals surface area (Å²) in [5, 5.41) is 14.3. The first-order chi connectivity index (χ1) is 15.5. The molecule has 1 N–H and O–H groups in total. The Morgan fingerprint density at radius 3 is 2.66 bits per heavy atom. The number of rotatable bonds is 8. The fraction of sp³-hybridized carbons (Fsp3) is 0.182. The number of hydrogen-bond donors (Lipinski definition) is 1. The van der Waals surface area contributed by atoms with Crippen molar-refractivity contribution >= 4 is 62.0 Å². The molecule has 0 spiro atoms. The number of carbonyl (C=O) groups is 1. The normalized spacial score (nSPS) is 10.8. The highest BCUT2D eigenvalue weighted by Gasteiger charge is 2.18. The molecule has 0 fully saturated rings. The fourth-order valence-electron chi connectivity index (χ4n) is 2.91. The molecule has 2 aromatic carbocycles. The van der Waals surface area contributed by atoms with Crippen molar-refractivity contribution in [2.24, 2.45) is 0 Å². The van der Waals surface area contributed by atoms with Crippen molar-refractivity contribution in [2.75, 3.05) is 10.2 Å². The third kappa shape index (κ3) is 5.32. The molecule has 164 valence electrons. The number of hydrogen-bond acceptors (Lipinski definition) is 8. The van der Waals surface area contributed by atoms with E-state index in [4.69, 9.17) is 0 Å². The van der Waals surface area contributed by atoms with Crippen molar-refractivity contribution in [3.05, 3.63) is 71.0 Å². The van der Waals surface area contributed by atoms with Gasteiger partial charge in [0.05, 0.1) is 17.1 Å². The number of halogens is 1. The molecule has 0 saturated carbocycles. The largest absolute Gasteiger partial charge is 0.328 e. The third-order valence-corrected chi connectivity index (χ3v) is 7.39. The second kappa shape index (κ2) is 10.2. The predicted octanol–water partition coefficient (Wildman–Crippen LogP) is 6.42. The van der Waals surface area contributed by atoms with Crippen LogP contribution in [0.4, 0.5) is 26.0 Å². The Hall–Kier alpha value is -2.82. The van der Waals surface area contributed by atoms with Gasteiger partial charge in [-0.1, -0.05) is 54.3 Å². The van der Waals surface area contributed by atoms with Gasteiger partial charge in [-0.05, 0) is 36.2 Å². The fourth-order valence-corrected chi connectivity index (χ4v) is 5.55. The lowest BCUT2D eigenvalue weighted by Gasteiger charge is -2.18. The topological polar surface area (TPSA) is 71.0 Å². The summed E-state index contributed by atoms with van der Waals surface area (Å²) in [5.74, 6) is 0.160. The first kappa shape index (κ1) is 22.4. The molecule has 0 aliphatic carbocycles. The zero-order chi connectivity index (χ0) is 22.5. The second-order valence-electron chi connectivity index (χ2n) is 6.76. The van der Waals surface area contributed by atoms with Gasteiger partial charge in [-0.3, -0.25) is 9.69 Å². The Bertz CT molecular complexity index is 1210. The monoisotopic (exact) mass is 485 g/mol. The van der Waals surface area contributed by atoms with Crippen LogP contribution in [0.15, 0.2) is 58.3 Å². The molecule has 0 unspecified atom stereocenters. The standard InChI is InChI=1S/C22H20FN5OS3/c1-3-15-8-10-17(11-9-15)28(14(2)29)21-24-16(12-30-21)13-31-22-27-26-20(32-22)25-19-7-5-4-6-18(19)23/h4-12H,3,13H2,1-2H3,(H,25,26). The van der Waals surface area contributed by atoms with E-state index in [-0.39, 0.29) is 11.7 Å². The van der Waals surface area contributed by atoms with Gasteiger partial charge in [-0.2, -0.15) is 0 Å². The molecule has 0 saturated heterocycles. The van der Waals surface area contributed by atoms with Crippen molar-refractivity contribution in [3.63, 3.8) is 0 Å². The Kier molecular flexibility index (Phi) is 7.13. The van der Waals surface area contributed by atoms with Gasteiger partial charge < -0.3 is 5.32 Å². The number of para-hydroxylation sites is 1. The van der Waals surface area contributed by atoms with Gasteiger partial charge in [-0.15, -0.1) is 21.5 Å². The van der Waals surface area contributed by atoms with Crippen LogP contribution in [0, 0.1) is 5.82 Å². The molecular formula is C22H20FN5OS3. The lowest BCUT2D eigenvalue weighted by molar-refractivity contribution is -0.115. The number of amides is 1. The van der Waals surface area contributed by atoms with Crippen LogP contribution >= 0.6 is 34.4 Å². The van der Waals surface area contributed by atoms with Gasteiger partial charge in [-0.25, -0.2) is 9.37 Å².